The van der Waals surface area contributed by atoms with E-state index in [-0.39, 0.29) is 10.3 Å². The fourth-order valence-electron chi connectivity index (χ4n) is 2.26. The van der Waals surface area contributed by atoms with Crippen LogP contribution in [0.4, 0.5) is 10.1 Å². The molecule has 20 heavy (non-hydrogen) atoms. The van der Waals surface area contributed by atoms with E-state index in [0.29, 0.717) is 37.2 Å². The van der Waals surface area contributed by atoms with Gasteiger partial charge in [0.15, 0.2) is 11.7 Å². The Bertz CT molecular complexity index is 539. The van der Waals surface area contributed by atoms with E-state index in [4.69, 9.17) is 10.9 Å². The summed E-state index contributed by atoms with van der Waals surface area (Å²) >= 11 is 3.14. The van der Waals surface area contributed by atoms with Gasteiger partial charge in [-0.2, -0.15) is 0 Å². The second-order valence-corrected chi connectivity index (χ2v) is 6.02. The van der Waals surface area contributed by atoms with Gasteiger partial charge in [0, 0.05) is 18.7 Å². The van der Waals surface area contributed by atoms with Crippen molar-refractivity contribution in [2.45, 2.75) is 25.4 Å². The topological polar surface area (TPSA) is 82.1 Å². The first-order valence-electron chi connectivity index (χ1n) is 6.29. The molecule has 1 aromatic rings. The Morgan fingerprint density at radius 1 is 1.45 bits per heavy atom. The number of piperidine rings is 1. The van der Waals surface area contributed by atoms with E-state index in [1.807, 2.05) is 4.90 Å². The van der Waals surface area contributed by atoms with Crippen LogP contribution in [-0.4, -0.2) is 34.8 Å². The van der Waals surface area contributed by atoms with E-state index in [1.165, 1.54) is 0 Å². The summed E-state index contributed by atoms with van der Waals surface area (Å²) in [6.07, 6.45) is 1.18. The lowest BCUT2D eigenvalue weighted by molar-refractivity contribution is 0.0350. The molecule has 0 saturated carbocycles. The van der Waals surface area contributed by atoms with Gasteiger partial charge in [-0.25, -0.2) is 4.39 Å². The molecule has 0 aliphatic carbocycles. The molecule has 2 rings (SSSR count). The Hall–Kier alpha value is -1.34. The monoisotopic (exact) mass is 345 g/mol. The fourth-order valence-corrected chi connectivity index (χ4v) is 2.80. The summed E-state index contributed by atoms with van der Waals surface area (Å²) in [5.41, 5.74) is 5.55. The van der Waals surface area contributed by atoms with Crippen molar-refractivity contribution >= 4 is 27.5 Å². The van der Waals surface area contributed by atoms with Crippen molar-refractivity contribution in [2.24, 2.45) is 10.9 Å². The standard InChI is InChI=1S/C13H17BrFN3O2/c1-13(19)4-6-18(7-5-13)9-3-2-8(12(16)17-20)10(14)11(9)15/h2-3,19-20H,4-7H2,1H3,(H2,16,17). The number of hydrogen-bond acceptors (Lipinski definition) is 4. The van der Waals surface area contributed by atoms with E-state index >= 15 is 0 Å². The molecule has 0 amide bonds. The molecule has 1 fully saturated rings. The molecule has 0 unspecified atom stereocenters. The molecule has 1 aliphatic rings. The van der Waals surface area contributed by atoms with Gasteiger partial charge in [0.2, 0.25) is 0 Å². The Morgan fingerprint density at radius 2 is 2.05 bits per heavy atom. The van der Waals surface area contributed by atoms with Crippen molar-refractivity contribution in [3.05, 3.63) is 28.0 Å². The molecule has 7 heteroatoms. The van der Waals surface area contributed by atoms with Crippen molar-refractivity contribution in [3.63, 3.8) is 0 Å². The van der Waals surface area contributed by atoms with E-state index in [9.17, 15) is 9.50 Å². The average molecular weight is 346 g/mol. The lowest BCUT2D eigenvalue weighted by Crippen LogP contribution is -2.42. The zero-order chi connectivity index (χ0) is 14.9. The minimum atomic E-state index is -0.682. The number of anilines is 1. The molecule has 1 saturated heterocycles. The molecule has 1 heterocycles. The molecule has 0 bridgehead atoms. The molecule has 0 radical (unpaired) electrons. The summed E-state index contributed by atoms with van der Waals surface area (Å²) in [5.74, 6) is -0.598. The molecular weight excluding hydrogens is 329 g/mol. The summed E-state index contributed by atoms with van der Waals surface area (Å²) < 4.78 is 14.6. The quantitative estimate of drug-likeness (QED) is 0.331. The summed E-state index contributed by atoms with van der Waals surface area (Å²) in [5, 5.41) is 21.5. The van der Waals surface area contributed by atoms with Crippen LogP contribution in [0.25, 0.3) is 0 Å². The summed E-state index contributed by atoms with van der Waals surface area (Å²) in [7, 11) is 0. The van der Waals surface area contributed by atoms with Crippen molar-refractivity contribution in [2.75, 3.05) is 18.0 Å². The number of amidine groups is 1. The number of aliphatic hydroxyl groups is 1. The molecule has 0 aromatic heterocycles. The second-order valence-electron chi connectivity index (χ2n) is 5.23. The number of nitrogens with zero attached hydrogens (tertiary/aromatic N) is 2. The lowest BCUT2D eigenvalue weighted by atomic mass is 9.93. The van der Waals surface area contributed by atoms with Crippen LogP contribution in [0.3, 0.4) is 0 Å². The van der Waals surface area contributed by atoms with Gasteiger partial charge in [0.25, 0.3) is 0 Å². The van der Waals surface area contributed by atoms with Crippen molar-refractivity contribution < 1.29 is 14.7 Å². The number of oxime groups is 1. The number of halogens is 2. The molecular formula is C13H17BrFN3O2. The summed E-state index contributed by atoms with van der Waals surface area (Å²) in [4.78, 5) is 1.88. The molecule has 1 aromatic carbocycles. The third-order valence-electron chi connectivity index (χ3n) is 3.63. The SMILES string of the molecule is CC1(O)CCN(c2ccc(/C(N)=N/O)c(Br)c2F)CC1. The normalized spacial score (nSPS) is 19.2. The molecule has 1 aliphatic heterocycles. The molecule has 0 spiro atoms. The van der Waals surface area contributed by atoms with Crippen molar-refractivity contribution in [1.82, 2.24) is 0 Å². The molecule has 4 N–H and O–H groups in total. The summed E-state index contributed by atoms with van der Waals surface area (Å²) in [6, 6.07) is 3.21. The van der Waals surface area contributed by atoms with Gasteiger partial charge in [0.05, 0.1) is 15.8 Å². The van der Waals surface area contributed by atoms with Crippen molar-refractivity contribution in [3.8, 4) is 0 Å². The maximum absolute atomic E-state index is 14.4. The van der Waals surface area contributed by atoms with Crippen LogP contribution in [0.5, 0.6) is 0 Å². The molecule has 5 nitrogen and oxygen atoms in total. The highest BCUT2D eigenvalue weighted by Crippen LogP contribution is 2.32. The Kier molecular flexibility index (Phi) is 4.19. The maximum atomic E-state index is 14.4. The van der Waals surface area contributed by atoms with Gasteiger partial charge in [-0.05, 0) is 47.8 Å². The van der Waals surface area contributed by atoms with Crippen LogP contribution < -0.4 is 10.6 Å². The summed E-state index contributed by atoms with van der Waals surface area (Å²) in [6.45, 7) is 2.96. The minimum absolute atomic E-state index is 0.149. The van der Waals surface area contributed by atoms with Crippen LogP contribution in [0.2, 0.25) is 0 Å². The zero-order valence-electron chi connectivity index (χ0n) is 11.1. The van der Waals surface area contributed by atoms with Crippen molar-refractivity contribution in [1.29, 1.82) is 0 Å². The smallest absolute Gasteiger partial charge is 0.171 e. The lowest BCUT2D eigenvalue weighted by Gasteiger charge is -2.37. The van der Waals surface area contributed by atoms with E-state index in [0.717, 1.165) is 0 Å². The molecule has 110 valence electrons. The van der Waals surface area contributed by atoms with E-state index < -0.39 is 11.4 Å². The Labute approximate surface area is 125 Å². The van der Waals surface area contributed by atoms with E-state index in [2.05, 4.69) is 21.1 Å². The minimum Gasteiger partial charge on any atom is -0.409 e. The number of nitrogens with two attached hydrogens (primary N) is 1. The van der Waals surface area contributed by atoms with Crippen LogP contribution in [-0.2, 0) is 0 Å². The van der Waals surface area contributed by atoms with Crippen LogP contribution >= 0.6 is 15.9 Å². The first-order chi connectivity index (χ1) is 9.35. The van der Waals surface area contributed by atoms with Gasteiger partial charge in [0.1, 0.15) is 0 Å². The number of benzene rings is 1. The van der Waals surface area contributed by atoms with Gasteiger partial charge in [-0.15, -0.1) is 0 Å². The Balaban J connectivity index is 2.29. The fraction of sp³-hybridized carbons (Fsp3) is 0.462. The highest BCUT2D eigenvalue weighted by Gasteiger charge is 2.29. The predicted octanol–water partition coefficient (Wildman–Crippen LogP) is 2.03. The Morgan fingerprint density at radius 3 is 2.60 bits per heavy atom. The van der Waals surface area contributed by atoms with Gasteiger partial charge in [-0.3, -0.25) is 0 Å². The average Bonchev–Trinajstić information content (AvgIpc) is 2.41. The largest absolute Gasteiger partial charge is 0.409 e. The first-order valence-corrected chi connectivity index (χ1v) is 7.08. The highest BCUT2D eigenvalue weighted by atomic mass is 79.9. The highest BCUT2D eigenvalue weighted by molar-refractivity contribution is 9.10. The second kappa shape index (κ2) is 5.57. The molecule has 0 atom stereocenters. The maximum Gasteiger partial charge on any atom is 0.171 e. The van der Waals surface area contributed by atoms with Gasteiger partial charge < -0.3 is 20.9 Å². The predicted molar refractivity (Wildman–Crippen MR) is 78.7 cm³/mol. The third kappa shape index (κ3) is 2.88. The number of hydrogen-bond donors (Lipinski definition) is 3. The van der Waals surface area contributed by atoms with Gasteiger partial charge in [-0.1, -0.05) is 5.16 Å². The van der Waals surface area contributed by atoms with Crippen LogP contribution in [0, 0.1) is 5.82 Å². The van der Waals surface area contributed by atoms with E-state index in [1.54, 1.807) is 19.1 Å². The zero-order valence-corrected chi connectivity index (χ0v) is 12.7. The van der Waals surface area contributed by atoms with Gasteiger partial charge >= 0.3 is 0 Å². The first kappa shape index (κ1) is 15.1. The number of rotatable bonds is 2. The third-order valence-corrected chi connectivity index (χ3v) is 4.40. The van der Waals surface area contributed by atoms with Crippen LogP contribution in [0.1, 0.15) is 25.3 Å². The van der Waals surface area contributed by atoms with Crippen LogP contribution in [0.15, 0.2) is 21.8 Å².